The number of ether oxygens (including phenoxy) is 2. The zero-order chi connectivity index (χ0) is 17.1. The van der Waals surface area contributed by atoms with E-state index in [0.29, 0.717) is 23.0 Å². The summed E-state index contributed by atoms with van der Waals surface area (Å²) in [4.78, 5) is 16.5. The molecule has 0 N–H and O–H groups in total. The first-order valence-corrected chi connectivity index (χ1v) is 8.34. The second-order valence-electron chi connectivity index (χ2n) is 4.99. The molecule has 2 heterocycles. The third kappa shape index (κ3) is 2.90. The summed E-state index contributed by atoms with van der Waals surface area (Å²) in [6, 6.07) is 7.71. The van der Waals surface area contributed by atoms with Gasteiger partial charge in [-0.2, -0.15) is 5.10 Å². The molecule has 3 aromatic rings. The number of rotatable bonds is 5. The minimum Gasteiger partial charge on any atom is -0.496 e. The van der Waals surface area contributed by atoms with E-state index in [9.17, 15) is 4.79 Å². The molecule has 0 radical (unpaired) electrons. The molecular formula is C17H17N3O3S. The van der Waals surface area contributed by atoms with Crippen molar-refractivity contribution < 1.29 is 14.3 Å². The van der Waals surface area contributed by atoms with Crippen molar-refractivity contribution in [3.8, 4) is 22.1 Å². The second kappa shape index (κ2) is 6.84. The minimum atomic E-state index is -0.372. The molecule has 0 saturated heterocycles. The molecule has 0 atom stereocenters. The highest BCUT2D eigenvalue weighted by atomic mass is 32.1. The first-order valence-electron chi connectivity index (χ1n) is 7.46. The van der Waals surface area contributed by atoms with Crippen molar-refractivity contribution in [2.45, 2.75) is 13.8 Å². The molecule has 0 spiro atoms. The molecule has 124 valence electrons. The fraction of sp³-hybridized carbons (Fsp3) is 0.235. The third-order valence-electron chi connectivity index (χ3n) is 3.56. The van der Waals surface area contributed by atoms with Gasteiger partial charge in [-0.25, -0.2) is 14.5 Å². The maximum absolute atomic E-state index is 11.9. The number of hydrogen-bond acceptors (Lipinski definition) is 6. The first-order chi connectivity index (χ1) is 11.7. The van der Waals surface area contributed by atoms with Gasteiger partial charge in [0.1, 0.15) is 11.3 Å². The number of carbonyl (C=O) groups is 1. The Balaban J connectivity index is 1.96. The Kier molecular flexibility index (Phi) is 4.61. The molecule has 24 heavy (non-hydrogen) atoms. The van der Waals surface area contributed by atoms with Crippen LogP contribution in [0.15, 0.2) is 35.8 Å². The number of thiazole rings is 1. The van der Waals surface area contributed by atoms with Crippen molar-refractivity contribution in [2.75, 3.05) is 13.7 Å². The van der Waals surface area contributed by atoms with E-state index < -0.39 is 0 Å². The van der Waals surface area contributed by atoms with Crippen LogP contribution in [0.1, 0.15) is 23.0 Å². The van der Waals surface area contributed by atoms with Crippen LogP contribution in [0, 0.1) is 6.92 Å². The molecule has 0 bridgehead atoms. The summed E-state index contributed by atoms with van der Waals surface area (Å²) in [5.74, 6) is 0.390. The molecule has 6 nitrogen and oxygen atoms in total. The fourth-order valence-electron chi connectivity index (χ4n) is 2.35. The Morgan fingerprint density at radius 3 is 2.88 bits per heavy atom. The Morgan fingerprint density at radius 1 is 1.33 bits per heavy atom. The van der Waals surface area contributed by atoms with Crippen LogP contribution in [0.25, 0.3) is 16.4 Å². The van der Waals surface area contributed by atoms with Crippen molar-refractivity contribution in [3.05, 3.63) is 47.1 Å². The smallest absolute Gasteiger partial charge is 0.341 e. The van der Waals surface area contributed by atoms with Crippen LogP contribution in [-0.2, 0) is 4.74 Å². The molecule has 0 aliphatic carbocycles. The lowest BCUT2D eigenvalue weighted by molar-refractivity contribution is 0.0525. The summed E-state index contributed by atoms with van der Waals surface area (Å²) in [6.07, 6.45) is 1.51. The summed E-state index contributed by atoms with van der Waals surface area (Å²) in [6.45, 7) is 3.93. The number of carbonyl (C=O) groups excluding carboxylic acids is 1. The van der Waals surface area contributed by atoms with Gasteiger partial charge in [0.25, 0.3) is 0 Å². The van der Waals surface area contributed by atoms with Gasteiger partial charge in [-0.3, -0.25) is 0 Å². The highest BCUT2D eigenvalue weighted by Crippen LogP contribution is 2.31. The molecule has 1 aromatic carbocycles. The molecule has 0 amide bonds. The molecule has 2 aromatic heterocycles. The summed E-state index contributed by atoms with van der Waals surface area (Å²) in [5, 5.41) is 6.90. The van der Waals surface area contributed by atoms with Gasteiger partial charge in [0.05, 0.1) is 31.3 Å². The lowest BCUT2D eigenvalue weighted by Gasteiger charge is -2.05. The lowest BCUT2D eigenvalue weighted by Crippen LogP contribution is -2.06. The highest BCUT2D eigenvalue weighted by molar-refractivity contribution is 7.12. The number of esters is 1. The second-order valence-corrected chi connectivity index (χ2v) is 5.83. The summed E-state index contributed by atoms with van der Waals surface area (Å²) in [7, 11) is 1.63. The van der Waals surface area contributed by atoms with Gasteiger partial charge in [-0.05, 0) is 26.0 Å². The average Bonchev–Trinajstić information content (AvgIpc) is 3.21. The number of methoxy groups -OCH3 is 1. The Bertz CT molecular complexity index is 870. The van der Waals surface area contributed by atoms with Crippen LogP contribution < -0.4 is 4.74 Å². The molecular weight excluding hydrogens is 326 g/mol. The first kappa shape index (κ1) is 16.2. The lowest BCUT2D eigenvalue weighted by atomic mass is 10.1. The summed E-state index contributed by atoms with van der Waals surface area (Å²) >= 11 is 1.45. The molecule has 0 aliphatic rings. The zero-order valence-electron chi connectivity index (χ0n) is 13.6. The van der Waals surface area contributed by atoms with Crippen LogP contribution in [0.5, 0.6) is 5.75 Å². The zero-order valence-corrected chi connectivity index (χ0v) is 14.5. The monoisotopic (exact) mass is 343 g/mol. The van der Waals surface area contributed by atoms with Gasteiger partial charge in [-0.1, -0.05) is 12.1 Å². The number of hydrogen-bond donors (Lipinski definition) is 0. The van der Waals surface area contributed by atoms with E-state index in [4.69, 9.17) is 9.47 Å². The van der Waals surface area contributed by atoms with Crippen LogP contribution in [0.2, 0.25) is 0 Å². The van der Waals surface area contributed by atoms with Gasteiger partial charge in [0.15, 0.2) is 0 Å². The van der Waals surface area contributed by atoms with Crippen LogP contribution in [0.3, 0.4) is 0 Å². The predicted molar refractivity (Wildman–Crippen MR) is 91.9 cm³/mol. The number of aromatic nitrogens is 3. The Hall–Kier alpha value is -2.67. The summed E-state index contributed by atoms with van der Waals surface area (Å²) in [5.41, 5.74) is 2.87. The van der Waals surface area contributed by atoms with Crippen molar-refractivity contribution >= 4 is 17.3 Å². The topological polar surface area (TPSA) is 66.2 Å². The molecule has 0 unspecified atom stereocenters. The maximum atomic E-state index is 11.9. The van der Waals surface area contributed by atoms with Gasteiger partial charge in [0, 0.05) is 10.9 Å². The Morgan fingerprint density at radius 2 is 2.12 bits per heavy atom. The van der Waals surface area contributed by atoms with Gasteiger partial charge in [0.2, 0.25) is 5.13 Å². The van der Waals surface area contributed by atoms with Gasteiger partial charge >= 0.3 is 5.97 Å². The number of benzene rings is 1. The van der Waals surface area contributed by atoms with E-state index in [1.807, 2.05) is 36.6 Å². The molecule has 7 heteroatoms. The normalized spacial score (nSPS) is 10.6. The third-order valence-corrected chi connectivity index (χ3v) is 4.38. The largest absolute Gasteiger partial charge is 0.496 e. The van der Waals surface area contributed by atoms with E-state index >= 15 is 0 Å². The minimum absolute atomic E-state index is 0.332. The number of nitrogens with zero attached hydrogens (tertiary/aromatic N) is 3. The van der Waals surface area contributed by atoms with Crippen molar-refractivity contribution in [1.82, 2.24) is 14.8 Å². The van der Waals surface area contributed by atoms with Crippen molar-refractivity contribution in [2.24, 2.45) is 0 Å². The molecule has 0 aliphatic heterocycles. The van der Waals surface area contributed by atoms with E-state index in [2.05, 4.69) is 10.1 Å². The fourth-order valence-corrected chi connectivity index (χ4v) is 3.18. The van der Waals surface area contributed by atoms with E-state index in [1.54, 1.807) is 18.7 Å². The molecule has 0 fully saturated rings. The van der Waals surface area contributed by atoms with Crippen LogP contribution >= 0.6 is 11.3 Å². The van der Waals surface area contributed by atoms with Crippen molar-refractivity contribution in [1.29, 1.82) is 0 Å². The van der Waals surface area contributed by atoms with Crippen LogP contribution in [0.4, 0.5) is 0 Å². The Labute approximate surface area is 143 Å². The van der Waals surface area contributed by atoms with Crippen LogP contribution in [-0.4, -0.2) is 34.5 Å². The quantitative estimate of drug-likeness (QED) is 0.664. The molecule has 0 saturated carbocycles. The average molecular weight is 343 g/mol. The highest BCUT2D eigenvalue weighted by Gasteiger charge is 2.18. The number of para-hydroxylation sites is 1. The molecule has 3 rings (SSSR count). The maximum Gasteiger partial charge on any atom is 0.341 e. The standard InChI is InChI=1S/C17H17N3O3S/c1-4-23-16(21)13-9-18-20(11(13)2)17-19-14(10-24-17)12-7-5-6-8-15(12)22-3/h5-10H,4H2,1-3H3. The predicted octanol–water partition coefficient (Wildman–Crippen LogP) is 3.49. The van der Waals surface area contributed by atoms with Gasteiger partial charge < -0.3 is 9.47 Å². The summed E-state index contributed by atoms with van der Waals surface area (Å²) < 4.78 is 12.1. The van der Waals surface area contributed by atoms with E-state index in [1.165, 1.54) is 17.5 Å². The van der Waals surface area contributed by atoms with Gasteiger partial charge in [-0.15, -0.1) is 11.3 Å². The SMILES string of the molecule is CCOC(=O)c1cnn(-c2nc(-c3ccccc3OC)cs2)c1C. The van der Waals surface area contributed by atoms with E-state index in [-0.39, 0.29) is 5.97 Å². The van der Waals surface area contributed by atoms with E-state index in [0.717, 1.165) is 17.0 Å². The van der Waals surface area contributed by atoms with Crippen molar-refractivity contribution in [3.63, 3.8) is 0 Å².